The number of unbranched alkanes of at least 4 members (excludes halogenated alkanes) is 1. The average Bonchev–Trinajstić information content (AvgIpc) is 3.03. The van der Waals surface area contributed by atoms with Crippen LogP contribution in [0, 0.1) is 11.8 Å². The first-order valence-electron chi connectivity index (χ1n) is 10.4. The summed E-state index contributed by atoms with van der Waals surface area (Å²) in [6.45, 7) is -0.245. The molecule has 2 saturated heterocycles. The minimum Gasteiger partial charge on any atom is -0.463 e. The Balaban J connectivity index is 1.98. The maximum Gasteiger partial charge on any atom is 0.305 e. The second-order valence-corrected chi connectivity index (χ2v) is 7.62. The Bertz CT molecular complexity index is 663. The standard InChI is InChI=1S/C20H32O12/c1-2-3-4-5-6-7-13(23)29-9-12-14(24)16(26)17(27)19(30-12)32-20(10-22)18(28)15(25)11(8-21)31-20/h11-12,14-19,21-22,24-28H,2,5-10H2,1H3/t11-,12-,14-,15-,16+,17-,18+,19-,20+/m1/s1. The molecule has 32 heavy (non-hydrogen) atoms. The number of aliphatic hydroxyl groups is 7. The molecule has 9 atom stereocenters. The summed E-state index contributed by atoms with van der Waals surface area (Å²) in [6, 6.07) is 0. The summed E-state index contributed by atoms with van der Waals surface area (Å²) in [5.74, 6) is 2.92. The van der Waals surface area contributed by atoms with Crippen molar-refractivity contribution in [1.82, 2.24) is 0 Å². The molecule has 0 aliphatic carbocycles. The summed E-state index contributed by atoms with van der Waals surface area (Å²) in [6.07, 6.45) is -11.2. The lowest BCUT2D eigenvalue weighted by atomic mass is 9.99. The van der Waals surface area contributed by atoms with Gasteiger partial charge < -0.3 is 54.7 Å². The van der Waals surface area contributed by atoms with Crippen LogP contribution in [-0.4, -0.2) is 116 Å². The van der Waals surface area contributed by atoms with Crippen LogP contribution in [0.4, 0.5) is 0 Å². The minimum atomic E-state index is -2.28. The second kappa shape index (κ2) is 12.2. The van der Waals surface area contributed by atoms with E-state index in [4.69, 9.17) is 18.9 Å². The van der Waals surface area contributed by atoms with E-state index in [1.165, 1.54) is 0 Å². The molecule has 0 radical (unpaired) electrons. The van der Waals surface area contributed by atoms with Gasteiger partial charge in [0.2, 0.25) is 5.79 Å². The number of ether oxygens (including phenoxy) is 4. The van der Waals surface area contributed by atoms with Crippen molar-refractivity contribution in [3.63, 3.8) is 0 Å². The Morgan fingerprint density at radius 2 is 1.72 bits per heavy atom. The normalized spacial score (nSPS) is 39.4. The molecule has 2 rings (SSSR count). The highest BCUT2D eigenvalue weighted by molar-refractivity contribution is 5.69. The molecule has 0 unspecified atom stereocenters. The third-order valence-corrected chi connectivity index (χ3v) is 5.28. The van der Waals surface area contributed by atoms with Gasteiger partial charge >= 0.3 is 5.97 Å². The van der Waals surface area contributed by atoms with Crippen LogP contribution in [0.3, 0.4) is 0 Å². The summed E-state index contributed by atoms with van der Waals surface area (Å²) in [5.41, 5.74) is 0. The molecule has 12 heteroatoms. The maximum atomic E-state index is 11.9. The van der Waals surface area contributed by atoms with Gasteiger partial charge in [0, 0.05) is 19.3 Å². The van der Waals surface area contributed by atoms with Crippen molar-refractivity contribution < 1.29 is 59.5 Å². The highest BCUT2D eigenvalue weighted by Gasteiger charge is 2.58. The van der Waals surface area contributed by atoms with Crippen molar-refractivity contribution in [3.05, 3.63) is 0 Å². The van der Waals surface area contributed by atoms with E-state index < -0.39 is 80.6 Å². The molecule has 0 aromatic carbocycles. The third kappa shape index (κ3) is 6.15. The van der Waals surface area contributed by atoms with Crippen LogP contribution in [0.1, 0.15) is 32.6 Å². The smallest absolute Gasteiger partial charge is 0.305 e. The number of hydrogen-bond donors (Lipinski definition) is 7. The summed E-state index contributed by atoms with van der Waals surface area (Å²) < 4.78 is 21.1. The van der Waals surface area contributed by atoms with Crippen LogP contribution in [0.25, 0.3) is 0 Å². The van der Waals surface area contributed by atoms with Crippen LogP contribution >= 0.6 is 0 Å². The van der Waals surface area contributed by atoms with E-state index in [-0.39, 0.29) is 6.42 Å². The predicted octanol–water partition coefficient (Wildman–Crippen LogP) is -3.26. The van der Waals surface area contributed by atoms with E-state index in [9.17, 15) is 40.5 Å². The predicted molar refractivity (Wildman–Crippen MR) is 104 cm³/mol. The molecule has 2 aliphatic heterocycles. The first-order chi connectivity index (χ1) is 15.2. The molecule has 12 nitrogen and oxygen atoms in total. The fourth-order valence-electron chi connectivity index (χ4n) is 3.40. The molecule has 0 aromatic rings. The summed E-state index contributed by atoms with van der Waals surface area (Å²) in [5, 5.41) is 69.7. The van der Waals surface area contributed by atoms with Gasteiger partial charge in [0.15, 0.2) is 6.29 Å². The quantitative estimate of drug-likeness (QED) is 0.102. The van der Waals surface area contributed by atoms with E-state index in [0.717, 1.165) is 6.42 Å². The SMILES string of the molecule is CCC#CCCCC(=O)OC[C@H]1O[C@H](O[C@]2(CO)O[C@H](CO)[C@@H](O)[C@@H]2O)[C@H](O)[C@@H](O)[C@@H]1O. The van der Waals surface area contributed by atoms with E-state index in [0.29, 0.717) is 12.8 Å². The van der Waals surface area contributed by atoms with Crippen LogP contribution in [-0.2, 0) is 23.7 Å². The van der Waals surface area contributed by atoms with Gasteiger partial charge in [-0.05, 0) is 6.42 Å². The minimum absolute atomic E-state index is 0.0837. The number of rotatable bonds is 9. The largest absolute Gasteiger partial charge is 0.463 e. The number of aliphatic hydroxyl groups excluding tert-OH is 7. The molecule has 0 bridgehead atoms. The monoisotopic (exact) mass is 464 g/mol. The van der Waals surface area contributed by atoms with Gasteiger partial charge in [-0.1, -0.05) is 6.92 Å². The molecule has 7 N–H and O–H groups in total. The molecule has 0 saturated carbocycles. The Labute approximate surface area is 185 Å². The van der Waals surface area contributed by atoms with E-state index in [1.54, 1.807) is 0 Å². The lowest BCUT2D eigenvalue weighted by Gasteiger charge is -2.43. The lowest BCUT2D eigenvalue weighted by molar-refractivity contribution is -0.383. The van der Waals surface area contributed by atoms with Gasteiger partial charge in [0.1, 0.15) is 55.9 Å². The van der Waals surface area contributed by atoms with Crippen molar-refractivity contribution in [2.45, 2.75) is 87.4 Å². The first-order valence-corrected chi connectivity index (χ1v) is 10.4. The highest BCUT2D eigenvalue weighted by Crippen LogP contribution is 2.36. The zero-order valence-electron chi connectivity index (χ0n) is 17.7. The van der Waals surface area contributed by atoms with E-state index >= 15 is 0 Å². The number of hydrogen-bond acceptors (Lipinski definition) is 12. The van der Waals surface area contributed by atoms with Crippen LogP contribution in [0.15, 0.2) is 0 Å². The molecule has 184 valence electrons. The molecule has 0 spiro atoms. The van der Waals surface area contributed by atoms with E-state index in [2.05, 4.69) is 11.8 Å². The third-order valence-electron chi connectivity index (χ3n) is 5.28. The maximum absolute atomic E-state index is 11.9. The van der Waals surface area contributed by atoms with Crippen molar-refractivity contribution in [2.24, 2.45) is 0 Å². The molecule has 2 aliphatic rings. The number of esters is 1. The van der Waals surface area contributed by atoms with E-state index in [1.807, 2.05) is 6.92 Å². The fourth-order valence-corrected chi connectivity index (χ4v) is 3.40. The summed E-state index contributed by atoms with van der Waals surface area (Å²) >= 11 is 0. The summed E-state index contributed by atoms with van der Waals surface area (Å²) in [7, 11) is 0. The average molecular weight is 464 g/mol. The van der Waals surface area contributed by atoms with Crippen LogP contribution < -0.4 is 0 Å². The fraction of sp³-hybridized carbons (Fsp3) is 0.850. The molecule has 0 aromatic heterocycles. The Hall–Kier alpha value is -1.37. The van der Waals surface area contributed by atoms with Gasteiger partial charge in [-0.15, -0.1) is 11.8 Å². The molecular weight excluding hydrogens is 432 g/mol. The van der Waals surface area contributed by atoms with Crippen molar-refractivity contribution in [3.8, 4) is 11.8 Å². The van der Waals surface area contributed by atoms with Gasteiger partial charge in [-0.25, -0.2) is 0 Å². The Morgan fingerprint density at radius 3 is 2.31 bits per heavy atom. The first kappa shape index (κ1) is 26.9. The zero-order chi connectivity index (χ0) is 23.9. The Morgan fingerprint density at radius 1 is 1.00 bits per heavy atom. The Kier molecular flexibility index (Phi) is 10.2. The zero-order valence-corrected chi connectivity index (χ0v) is 17.7. The topological polar surface area (TPSA) is 196 Å². The molecular formula is C20H32O12. The van der Waals surface area contributed by atoms with Crippen molar-refractivity contribution in [2.75, 3.05) is 19.8 Å². The number of carbonyl (C=O) groups excluding carboxylic acids is 1. The van der Waals surface area contributed by atoms with Crippen molar-refractivity contribution >= 4 is 5.97 Å². The second-order valence-electron chi connectivity index (χ2n) is 7.62. The van der Waals surface area contributed by atoms with Gasteiger partial charge in [-0.3, -0.25) is 4.79 Å². The molecule has 2 fully saturated rings. The number of carbonyl (C=O) groups is 1. The van der Waals surface area contributed by atoms with Gasteiger partial charge in [0.05, 0.1) is 6.61 Å². The van der Waals surface area contributed by atoms with Crippen molar-refractivity contribution in [1.29, 1.82) is 0 Å². The van der Waals surface area contributed by atoms with Crippen LogP contribution in [0.2, 0.25) is 0 Å². The molecule has 2 heterocycles. The molecule has 0 amide bonds. The lowest BCUT2D eigenvalue weighted by Crippen LogP contribution is -2.62. The summed E-state index contributed by atoms with van der Waals surface area (Å²) in [4.78, 5) is 11.9. The van der Waals surface area contributed by atoms with Gasteiger partial charge in [0.25, 0.3) is 0 Å². The van der Waals surface area contributed by atoms with Gasteiger partial charge in [-0.2, -0.15) is 0 Å². The van der Waals surface area contributed by atoms with Crippen LogP contribution in [0.5, 0.6) is 0 Å². The highest BCUT2D eigenvalue weighted by atomic mass is 16.8.